The number of hydrogen-bond acceptors (Lipinski definition) is 0. The summed E-state index contributed by atoms with van der Waals surface area (Å²) in [6.07, 6.45) is 3.70. The Kier molecular flexibility index (Phi) is 4.25. The van der Waals surface area contributed by atoms with Crippen molar-refractivity contribution in [3.05, 3.63) is 71.4 Å². The lowest BCUT2D eigenvalue weighted by molar-refractivity contribution is -0.644. The van der Waals surface area contributed by atoms with E-state index >= 15 is 0 Å². The van der Waals surface area contributed by atoms with Gasteiger partial charge in [0.2, 0.25) is 5.52 Å². The van der Waals surface area contributed by atoms with Crippen LogP contribution in [-0.2, 0) is 13.2 Å². The third-order valence-corrected chi connectivity index (χ3v) is 8.27. The van der Waals surface area contributed by atoms with Crippen LogP contribution in [0, 0.1) is 6.92 Å². The van der Waals surface area contributed by atoms with E-state index in [4.69, 9.17) is 0 Å². The number of benzene rings is 3. The topological polar surface area (TPSA) is 8.29 Å². The Morgan fingerprint density at radius 1 is 0.857 bits per heavy atom. The molecular weight excluding hydrogens is 445 g/mol. The van der Waals surface area contributed by atoms with Crippen molar-refractivity contribution in [2.24, 2.45) is 7.05 Å². The summed E-state index contributed by atoms with van der Waals surface area (Å²) >= 11 is 0. The second kappa shape index (κ2) is 7.09. The molecule has 0 radical (unpaired) electrons. The van der Waals surface area contributed by atoms with E-state index in [-0.39, 0.29) is 5.39 Å². The zero-order valence-electron chi connectivity index (χ0n) is 19.8. The molecule has 1 saturated carbocycles. The molecule has 35 heavy (non-hydrogen) atoms. The SMILES string of the molecule is Cc1cc(C(F)(F)F)c2cccc3c2c1c1c2c(cc[n+]1C)c1cccc(C4CCCCC4)c1n32. The van der Waals surface area contributed by atoms with Gasteiger partial charge < -0.3 is 4.40 Å². The fourth-order valence-electron chi connectivity index (χ4n) is 6.81. The summed E-state index contributed by atoms with van der Waals surface area (Å²) in [6.45, 7) is 1.81. The predicted molar refractivity (Wildman–Crippen MR) is 135 cm³/mol. The Morgan fingerprint density at radius 2 is 1.57 bits per heavy atom. The molecular formula is C30H26F3N2+. The van der Waals surface area contributed by atoms with Gasteiger partial charge in [-0.25, -0.2) is 0 Å². The molecule has 3 aromatic carbocycles. The van der Waals surface area contributed by atoms with Gasteiger partial charge in [-0.1, -0.05) is 49.6 Å². The van der Waals surface area contributed by atoms with E-state index in [2.05, 4.69) is 33.2 Å². The summed E-state index contributed by atoms with van der Waals surface area (Å²) in [4.78, 5) is 0. The first-order chi connectivity index (χ1) is 16.9. The normalized spacial score (nSPS) is 16.0. The summed E-state index contributed by atoms with van der Waals surface area (Å²) in [7, 11) is 2.00. The van der Waals surface area contributed by atoms with E-state index < -0.39 is 11.7 Å². The highest BCUT2D eigenvalue weighted by atomic mass is 19.4. The smallest absolute Gasteiger partial charge is 0.303 e. The number of pyridine rings is 2. The van der Waals surface area contributed by atoms with Gasteiger partial charge in [0.15, 0.2) is 6.20 Å². The molecule has 0 spiro atoms. The second-order valence-electron chi connectivity index (χ2n) is 10.3. The molecule has 1 aliphatic carbocycles. The van der Waals surface area contributed by atoms with E-state index in [1.807, 2.05) is 26.2 Å². The minimum atomic E-state index is -4.41. The monoisotopic (exact) mass is 471 g/mol. The van der Waals surface area contributed by atoms with Gasteiger partial charge in [-0.3, -0.25) is 0 Å². The van der Waals surface area contributed by atoms with Crippen molar-refractivity contribution in [3.8, 4) is 0 Å². The Morgan fingerprint density at radius 3 is 2.34 bits per heavy atom. The van der Waals surface area contributed by atoms with Crippen LogP contribution in [0.5, 0.6) is 0 Å². The molecule has 3 heterocycles. The number of hydrogen-bond donors (Lipinski definition) is 0. The van der Waals surface area contributed by atoms with Crippen LogP contribution in [0.15, 0.2) is 54.7 Å². The molecule has 0 amide bonds. The van der Waals surface area contributed by atoms with Gasteiger partial charge in [-0.15, -0.1) is 0 Å². The largest absolute Gasteiger partial charge is 0.417 e. The van der Waals surface area contributed by atoms with Crippen LogP contribution in [-0.4, -0.2) is 4.40 Å². The number of rotatable bonds is 1. The van der Waals surface area contributed by atoms with Crippen molar-refractivity contribution in [1.29, 1.82) is 0 Å². The first-order valence-corrected chi connectivity index (χ1v) is 12.5. The Bertz CT molecular complexity index is 1790. The third kappa shape index (κ3) is 2.75. The van der Waals surface area contributed by atoms with Crippen LogP contribution < -0.4 is 4.57 Å². The number of halogens is 3. The molecule has 2 nitrogen and oxygen atoms in total. The number of aromatic nitrogens is 2. The molecule has 3 aromatic heterocycles. The Labute approximate surface area is 200 Å². The highest BCUT2D eigenvalue weighted by Gasteiger charge is 2.35. The summed E-state index contributed by atoms with van der Waals surface area (Å²) in [5.74, 6) is 0.481. The molecule has 0 unspecified atom stereocenters. The van der Waals surface area contributed by atoms with Crippen LogP contribution >= 0.6 is 0 Å². The summed E-state index contributed by atoms with van der Waals surface area (Å²) in [6, 6.07) is 15.5. The molecule has 0 atom stereocenters. The van der Waals surface area contributed by atoms with Gasteiger partial charge in [0.25, 0.3) is 0 Å². The van der Waals surface area contributed by atoms with Crippen LogP contribution in [0.1, 0.15) is 54.7 Å². The lowest BCUT2D eigenvalue weighted by atomic mass is 9.83. The maximum Gasteiger partial charge on any atom is 0.417 e. The van der Waals surface area contributed by atoms with Crippen molar-refractivity contribution >= 4 is 49.0 Å². The molecule has 1 fully saturated rings. The Hall–Kier alpha value is -3.34. The van der Waals surface area contributed by atoms with E-state index in [0.717, 1.165) is 32.8 Å². The highest BCUT2D eigenvalue weighted by molar-refractivity contribution is 6.26. The number of alkyl halides is 3. The molecule has 0 saturated heterocycles. The maximum atomic E-state index is 14.2. The van der Waals surface area contributed by atoms with Crippen LogP contribution in [0.4, 0.5) is 13.2 Å². The van der Waals surface area contributed by atoms with Crippen LogP contribution in [0.25, 0.3) is 49.0 Å². The minimum Gasteiger partial charge on any atom is -0.303 e. The molecule has 0 N–H and O–H groups in total. The predicted octanol–water partition coefficient (Wildman–Crippen LogP) is 8.19. The lowest BCUT2D eigenvalue weighted by Gasteiger charge is -2.23. The zero-order chi connectivity index (χ0) is 24.1. The van der Waals surface area contributed by atoms with Crippen LogP contribution in [0.2, 0.25) is 0 Å². The van der Waals surface area contributed by atoms with Crippen molar-refractivity contribution in [2.75, 3.05) is 0 Å². The average Bonchev–Trinajstić information content (AvgIpc) is 3.19. The van der Waals surface area contributed by atoms with Gasteiger partial charge >= 0.3 is 6.18 Å². The highest BCUT2D eigenvalue weighted by Crippen LogP contribution is 2.46. The van der Waals surface area contributed by atoms with Gasteiger partial charge in [-0.05, 0) is 54.3 Å². The zero-order valence-corrected chi connectivity index (χ0v) is 19.8. The quantitative estimate of drug-likeness (QED) is 0.130. The fraction of sp³-hybridized carbons (Fsp3) is 0.300. The van der Waals surface area contributed by atoms with Gasteiger partial charge in [0, 0.05) is 22.2 Å². The molecule has 0 aliphatic heterocycles. The van der Waals surface area contributed by atoms with Gasteiger partial charge in [0.1, 0.15) is 12.6 Å². The average molecular weight is 472 g/mol. The summed E-state index contributed by atoms with van der Waals surface area (Å²) in [5.41, 5.74) is 5.53. The molecule has 1 aliphatic rings. The molecule has 5 heteroatoms. The number of aryl methyl sites for hydroxylation is 2. The first-order valence-electron chi connectivity index (χ1n) is 12.5. The van der Waals surface area contributed by atoms with Crippen LogP contribution in [0.3, 0.4) is 0 Å². The number of nitrogens with zero attached hydrogens (tertiary/aromatic N) is 2. The summed E-state index contributed by atoms with van der Waals surface area (Å²) in [5, 5.41) is 4.23. The number of para-hydroxylation sites is 1. The number of fused-ring (bicyclic) bond motifs is 5. The third-order valence-electron chi connectivity index (χ3n) is 8.27. The summed E-state index contributed by atoms with van der Waals surface area (Å²) < 4.78 is 46.9. The fourth-order valence-corrected chi connectivity index (χ4v) is 6.81. The minimum absolute atomic E-state index is 0.273. The molecule has 0 bridgehead atoms. The van der Waals surface area contributed by atoms with Gasteiger partial charge in [0.05, 0.1) is 22.0 Å². The van der Waals surface area contributed by atoms with Crippen molar-refractivity contribution in [1.82, 2.24) is 4.40 Å². The van der Waals surface area contributed by atoms with Crippen molar-refractivity contribution in [3.63, 3.8) is 0 Å². The standard InChI is InChI=1S/C30H26F3N2/c1-17-16-23(30(31,32)33)22-12-7-13-24-26(22)25(17)29-28-21(14-15-34(29)2)20-11-6-10-19(27(20)35(24)28)18-8-4-3-5-9-18/h6-7,10-16,18H,3-5,8-9H2,1-2H3/q+1. The molecule has 7 rings (SSSR count). The second-order valence-corrected chi connectivity index (χ2v) is 10.3. The van der Waals surface area contributed by atoms with Crippen molar-refractivity contribution in [2.45, 2.75) is 51.1 Å². The van der Waals surface area contributed by atoms with Gasteiger partial charge in [-0.2, -0.15) is 17.7 Å². The maximum absolute atomic E-state index is 14.2. The van der Waals surface area contributed by atoms with Crippen molar-refractivity contribution < 1.29 is 17.7 Å². The van der Waals surface area contributed by atoms with E-state index in [1.165, 1.54) is 49.1 Å². The lowest BCUT2D eigenvalue weighted by Crippen LogP contribution is -2.29. The molecule has 6 aromatic rings. The Balaban J connectivity index is 1.80. The van der Waals surface area contributed by atoms with E-state index in [0.29, 0.717) is 16.9 Å². The molecule has 176 valence electrons. The first kappa shape index (κ1) is 21.0. The van der Waals surface area contributed by atoms with E-state index in [9.17, 15) is 13.2 Å². The van der Waals surface area contributed by atoms with E-state index in [1.54, 1.807) is 12.1 Å².